The van der Waals surface area contributed by atoms with Crippen LogP contribution in [0.2, 0.25) is 0 Å². The molecule has 1 aromatic carbocycles. The van der Waals surface area contributed by atoms with E-state index in [2.05, 4.69) is 24.8 Å². The molecule has 0 aromatic heterocycles. The lowest BCUT2D eigenvalue weighted by molar-refractivity contribution is 0.0578. The van der Waals surface area contributed by atoms with E-state index in [4.69, 9.17) is 5.11 Å². The number of aliphatic hydroxyl groups is 1. The zero-order valence-electron chi connectivity index (χ0n) is 11.9. The molecule has 0 aliphatic carbocycles. The topological polar surface area (TPSA) is 43.7 Å². The fourth-order valence-electron chi connectivity index (χ4n) is 3.16. The summed E-state index contributed by atoms with van der Waals surface area (Å²) in [5.74, 6) is 1.59. The SMILES string of the molecule is C[C@H]1CCN(CCCO)C(c2cccc(O)c2)[C@@H]1C. The molecule has 1 heterocycles. The third-order valence-electron chi connectivity index (χ3n) is 4.48. The number of nitrogens with zero attached hydrogens (tertiary/aromatic N) is 1. The Morgan fingerprint density at radius 1 is 1.32 bits per heavy atom. The van der Waals surface area contributed by atoms with Crippen LogP contribution < -0.4 is 0 Å². The van der Waals surface area contributed by atoms with Gasteiger partial charge in [0.2, 0.25) is 0 Å². The molecule has 19 heavy (non-hydrogen) atoms. The molecule has 106 valence electrons. The van der Waals surface area contributed by atoms with Gasteiger partial charge in [-0.05, 0) is 48.9 Å². The quantitative estimate of drug-likeness (QED) is 0.878. The van der Waals surface area contributed by atoms with E-state index in [0.717, 1.165) is 19.5 Å². The van der Waals surface area contributed by atoms with Crippen molar-refractivity contribution >= 4 is 0 Å². The van der Waals surface area contributed by atoms with Gasteiger partial charge in [-0.3, -0.25) is 4.90 Å². The molecule has 2 N–H and O–H groups in total. The van der Waals surface area contributed by atoms with Crippen molar-refractivity contribution in [1.29, 1.82) is 0 Å². The summed E-state index contributed by atoms with van der Waals surface area (Å²) in [6.07, 6.45) is 2.03. The second-order valence-corrected chi connectivity index (χ2v) is 5.78. The third-order valence-corrected chi connectivity index (χ3v) is 4.48. The summed E-state index contributed by atoms with van der Waals surface area (Å²) >= 11 is 0. The molecule has 1 aliphatic rings. The molecule has 1 fully saturated rings. The van der Waals surface area contributed by atoms with Gasteiger partial charge in [-0.1, -0.05) is 26.0 Å². The monoisotopic (exact) mass is 263 g/mol. The van der Waals surface area contributed by atoms with Gasteiger partial charge in [0.15, 0.2) is 0 Å². The first-order valence-corrected chi connectivity index (χ1v) is 7.27. The maximum absolute atomic E-state index is 9.70. The van der Waals surface area contributed by atoms with Crippen LogP contribution >= 0.6 is 0 Å². The van der Waals surface area contributed by atoms with E-state index in [0.29, 0.717) is 23.6 Å². The molecule has 1 unspecified atom stereocenters. The molecule has 1 aromatic rings. The Morgan fingerprint density at radius 3 is 2.79 bits per heavy atom. The van der Waals surface area contributed by atoms with Crippen molar-refractivity contribution in [2.75, 3.05) is 19.7 Å². The highest BCUT2D eigenvalue weighted by Crippen LogP contribution is 2.39. The van der Waals surface area contributed by atoms with Crippen molar-refractivity contribution in [2.24, 2.45) is 11.8 Å². The summed E-state index contributed by atoms with van der Waals surface area (Å²) < 4.78 is 0. The number of benzene rings is 1. The predicted octanol–water partition coefficient (Wildman–Crippen LogP) is 2.79. The van der Waals surface area contributed by atoms with E-state index < -0.39 is 0 Å². The number of phenols is 1. The molecular weight excluding hydrogens is 238 g/mol. The number of phenolic OH excluding ortho intramolecular Hbond substituents is 1. The number of rotatable bonds is 4. The Bertz CT molecular complexity index is 405. The first-order valence-electron chi connectivity index (χ1n) is 7.27. The zero-order valence-corrected chi connectivity index (χ0v) is 11.9. The van der Waals surface area contributed by atoms with Gasteiger partial charge in [0.05, 0.1) is 0 Å². The Morgan fingerprint density at radius 2 is 2.11 bits per heavy atom. The van der Waals surface area contributed by atoms with Crippen LogP contribution in [0, 0.1) is 11.8 Å². The van der Waals surface area contributed by atoms with Crippen molar-refractivity contribution in [3.8, 4) is 5.75 Å². The highest BCUT2D eigenvalue weighted by molar-refractivity contribution is 5.30. The molecule has 2 rings (SSSR count). The fourth-order valence-corrected chi connectivity index (χ4v) is 3.16. The van der Waals surface area contributed by atoms with Crippen molar-refractivity contribution in [3.05, 3.63) is 29.8 Å². The van der Waals surface area contributed by atoms with Gasteiger partial charge in [0, 0.05) is 19.2 Å². The van der Waals surface area contributed by atoms with E-state index in [-0.39, 0.29) is 6.61 Å². The van der Waals surface area contributed by atoms with Crippen LogP contribution in [-0.4, -0.2) is 34.8 Å². The minimum Gasteiger partial charge on any atom is -0.508 e. The summed E-state index contributed by atoms with van der Waals surface area (Å²) in [4.78, 5) is 2.45. The van der Waals surface area contributed by atoms with E-state index in [1.165, 1.54) is 12.0 Å². The average molecular weight is 263 g/mol. The molecule has 0 radical (unpaired) electrons. The van der Waals surface area contributed by atoms with E-state index in [9.17, 15) is 5.11 Å². The average Bonchev–Trinajstić information content (AvgIpc) is 2.40. The van der Waals surface area contributed by atoms with Crippen LogP contribution in [0.5, 0.6) is 5.75 Å². The van der Waals surface area contributed by atoms with E-state index in [1.54, 1.807) is 6.07 Å². The Balaban J connectivity index is 2.23. The number of hydrogen-bond acceptors (Lipinski definition) is 3. The third kappa shape index (κ3) is 3.28. The Labute approximate surface area is 115 Å². The van der Waals surface area contributed by atoms with Gasteiger partial charge in [-0.25, -0.2) is 0 Å². The molecule has 3 heteroatoms. The Hall–Kier alpha value is -1.06. The minimum absolute atomic E-state index is 0.243. The highest BCUT2D eigenvalue weighted by Gasteiger charge is 2.33. The summed E-state index contributed by atoms with van der Waals surface area (Å²) in [5, 5.41) is 18.7. The van der Waals surface area contributed by atoms with Gasteiger partial charge < -0.3 is 10.2 Å². The van der Waals surface area contributed by atoms with Crippen LogP contribution in [0.3, 0.4) is 0 Å². The Kier molecular flexibility index (Phi) is 4.83. The molecule has 0 amide bonds. The van der Waals surface area contributed by atoms with E-state index in [1.807, 2.05) is 12.1 Å². The maximum Gasteiger partial charge on any atom is 0.115 e. The van der Waals surface area contributed by atoms with Gasteiger partial charge in [0.25, 0.3) is 0 Å². The smallest absolute Gasteiger partial charge is 0.115 e. The second-order valence-electron chi connectivity index (χ2n) is 5.78. The van der Waals surface area contributed by atoms with Crippen molar-refractivity contribution in [3.63, 3.8) is 0 Å². The summed E-state index contributed by atoms with van der Waals surface area (Å²) in [5.41, 5.74) is 1.19. The first-order chi connectivity index (χ1) is 9.13. The lowest BCUT2D eigenvalue weighted by Crippen LogP contribution is -2.42. The molecular formula is C16H25NO2. The van der Waals surface area contributed by atoms with Crippen LogP contribution in [0.15, 0.2) is 24.3 Å². The first kappa shape index (κ1) is 14.4. The molecule has 3 nitrogen and oxygen atoms in total. The molecule has 1 saturated heterocycles. The lowest BCUT2D eigenvalue weighted by Gasteiger charge is -2.43. The molecule has 0 spiro atoms. The van der Waals surface area contributed by atoms with Crippen LogP contribution in [0.4, 0.5) is 0 Å². The predicted molar refractivity (Wildman–Crippen MR) is 77.1 cm³/mol. The zero-order chi connectivity index (χ0) is 13.8. The normalized spacial score (nSPS) is 28.5. The largest absolute Gasteiger partial charge is 0.508 e. The van der Waals surface area contributed by atoms with E-state index >= 15 is 0 Å². The van der Waals surface area contributed by atoms with Crippen LogP contribution in [-0.2, 0) is 0 Å². The van der Waals surface area contributed by atoms with Crippen LogP contribution in [0.1, 0.15) is 38.3 Å². The second kappa shape index (κ2) is 6.40. The minimum atomic E-state index is 0.243. The van der Waals surface area contributed by atoms with Crippen molar-refractivity contribution < 1.29 is 10.2 Å². The number of likely N-dealkylation sites (tertiary alicyclic amines) is 1. The summed E-state index contributed by atoms with van der Waals surface area (Å²) in [7, 11) is 0. The number of piperidine rings is 1. The number of hydrogen-bond donors (Lipinski definition) is 2. The number of aliphatic hydroxyl groups excluding tert-OH is 1. The fraction of sp³-hybridized carbons (Fsp3) is 0.625. The highest BCUT2D eigenvalue weighted by atomic mass is 16.3. The maximum atomic E-state index is 9.70. The standard InChI is InChI=1S/C16H25NO2/c1-12-7-9-17(8-4-10-18)16(13(12)2)14-5-3-6-15(19)11-14/h3,5-6,11-13,16,18-19H,4,7-10H2,1-2H3/t12-,13+,16?/m0/s1. The molecule has 3 atom stereocenters. The lowest BCUT2D eigenvalue weighted by atomic mass is 9.79. The number of aromatic hydroxyl groups is 1. The molecule has 0 saturated carbocycles. The van der Waals surface area contributed by atoms with Gasteiger partial charge in [0.1, 0.15) is 5.75 Å². The van der Waals surface area contributed by atoms with Crippen molar-refractivity contribution in [1.82, 2.24) is 4.90 Å². The molecule has 0 bridgehead atoms. The van der Waals surface area contributed by atoms with Gasteiger partial charge >= 0.3 is 0 Å². The van der Waals surface area contributed by atoms with Crippen LogP contribution in [0.25, 0.3) is 0 Å². The molecule has 1 aliphatic heterocycles. The summed E-state index contributed by atoms with van der Waals surface area (Å²) in [6, 6.07) is 7.97. The van der Waals surface area contributed by atoms with Crippen molar-refractivity contribution in [2.45, 2.75) is 32.7 Å². The van der Waals surface area contributed by atoms with Gasteiger partial charge in [-0.2, -0.15) is 0 Å². The summed E-state index contributed by atoms with van der Waals surface area (Å²) in [6.45, 7) is 6.85. The van der Waals surface area contributed by atoms with Gasteiger partial charge in [-0.15, -0.1) is 0 Å².